The minimum atomic E-state index is -0.0971. The molecule has 1 aromatic heterocycles. The standard InChI is InChI=1S/C15H15BrCl2N2/c1-15(2,3)13-12(16)14(18)20-11(19-13)8-9-4-6-10(17)7-5-9/h4-7H,8H2,1-3H3. The summed E-state index contributed by atoms with van der Waals surface area (Å²) in [6, 6.07) is 7.67. The summed E-state index contributed by atoms with van der Waals surface area (Å²) in [5, 5.41) is 1.17. The Morgan fingerprint density at radius 1 is 1.05 bits per heavy atom. The van der Waals surface area contributed by atoms with Crippen LogP contribution in [0.25, 0.3) is 0 Å². The minimum absolute atomic E-state index is 0.0971. The first-order valence-corrected chi connectivity index (χ1v) is 7.79. The van der Waals surface area contributed by atoms with E-state index >= 15 is 0 Å². The molecule has 5 heteroatoms. The van der Waals surface area contributed by atoms with E-state index in [2.05, 4.69) is 46.7 Å². The lowest BCUT2D eigenvalue weighted by atomic mass is 9.92. The molecule has 0 radical (unpaired) electrons. The quantitative estimate of drug-likeness (QED) is 0.655. The van der Waals surface area contributed by atoms with Gasteiger partial charge in [0.05, 0.1) is 10.2 Å². The zero-order valence-corrected chi connectivity index (χ0v) is 14.6. The van der Waals surface area contributed by atoms with Crippen LogP contribution in [0.1, 0.15) is 37.9 Å². The van der Waals surface area contributed by atoms with E-state index in [1.54, 1.807) is 0 Å². The zero-order valence-electron chi connectivity index (χ0n) is 11.5. The molecular weight excluding hydrogens is 359 g/mol. The lowest BCUT2D eigenvalue weighted by molar-refractivity contribution is 0.559. The van der Waals surface area contributed by atoms with Crippen molar-refractivity contribution in [2.75, 3.05) is 0 Å². The van der Waals surface area contributed by atoms with Gasteiger partial charge >= 0.3 is 0 Å². The molecule has 0 spiro atoms. The summed E-state index contributed by atoms with van der Waals surface area (Å²) in [5.74, 6) is 0.713. The average molecular weight is 374 g/mol. The maximum atomic E-state index is 6.20. The van der Waals surface area contributed by atoms with E-state index in [-0.39, 0.29) is 5.41 Å². The predicted octanol–water partition coefficient (Wildman–Crippen LogP) is 5.43. The van der Waals surface area contributed by atoms with Crippen LogP contribution in [0.4, 0.5) is 0 Å². The number of halogens is 3. The van der Waals surface area contributed by atoms with Crippen LogP contribution in [0.3, 0.4) is 0 Å². The van der Waals surface area contributed by atoms with Crippen LogP contribution in [0, 0.1) is 0 Å². The molecule has 0 bridgehead atoms. The Labute approximate surface area is 137 Å². The van der Waals surface area contributed by atoms with Crippen molar-refractivity contribution in [2.24, 2.45) is 0 Å². The van der Waals surface area contributed by atoms with Gasteiger partial charge in [0.15, 0.2) is 0 Å². The van der Waals surface area contributed by atoms with E-state index in [1.807, 2.05) is 24.3 Å². The third kappa shape index (κ3) is 3.72. The number of rotatable bonds is 2. The monoisotopic (exact) mass is 372 g/mol. The van der Waals surface area contributed by atoms with Crippen molar-refractivity contribution in [1.29, 1.82) is 0 Å². The summed E-state index contributed by atoms with van der Waals surface area (Å²) in [6.45, 7) is 6.30. The number of aromatic nitrogens is 2. The molecule has 0 N–H and O–H groups in total. The van der Waals surface area contributed by atoms with Gasteiger partial charge in [0, 0.05) is 16.9 Å². The fraction of sp³-hybridized carbons (Fsp3) is 0.333. The van der Waals surface area contributed by atoms with Gasteiger partial charge in [0.2, 0.25) is 0 Å². The van der Waals surface area contributed by atoms with Crippen molar-refractivity contribution >= 4 is 39.1 Å². The van der Waals surface area contributed by atoms with Crippen LogP contribution in [0.2, 0.25) is 10.2 Å². The topological polar surface area (TPSA) is 25.8 Å². The largest absolute Gasteiger partial charge is 0.236 e. The van der Waals surface area contributed by atoms with E-state index in [4.69, 9.17) is 23.2 Å². The van der Waals surface area contributed by atoms with Crippen LogP contribution >= 0.6 is 39.1 Å². The normalized spacial score (nSPS) is 11.7. The fourth-order valence-corrected chi connectivity index (χ4v) is 2.91. The van der Waals surface area contributed by atoms with Gasteiger partial charge in [-0.25, -0.2) is 9.97 Å². The van der Waals surface area contributed by atoms with E-state index < -0.39 is 0 Å². The molecule has 0 aliphatic rings. The Morgan fingerprint density at radius 3 is 2.20 bits per heavy atom. The molecule has 0 saturated heterocycles. The number of benzene rings is 1. The third-order valence-corrected chi connectivity index (χ3v) is 4.35. The minimum Gasteiger partial charge on any atom is -0.236 e. The smallest absolute Gasteiger partial charge is 0.147 e. The summed E-state index contributed by atoms with van der Waals surface area (Å²) < 4.78 is 0.770. The molecule has 0 atom stereocenters. The van der Waals surface area contributed by atoms with Gasteiger partial charge in [0.1, 0.15) is 11.0 Å². The molecule has 0 aliphatic carbocycles. The summed E-state index contributed by atoms with van der Waals surface area (Å²) in [7, 11) is 0. The van der Waals surface area contributed by atoms with Crippen LogP contribution < -0.4 is 0 Å². The van der Waals surface area contributed by atoms with E-state index in [0.29, 0.717) is 17.4 Å². The second-order valence-electron chi connectivity index (χ2n) is 5.65. The van der Waals surface area contributed by atoms with Crippen LogP contribution in [0.5, 0.6) is 0 Å². The molecule has 0 amide bonds. The van der Waals surface area contributed by atoms with Gasteiger partial charge in [-0.15, -0.1) is 0 Å². The summed E-state index contributed by atoms with van der Waals surface area (Å²) >= 11 is 15.6. The highest BCUT2D eigenvalue weighted by Gasteiger charge is 2.22. The first-order valence-electron chi connectivity index (χ1n) is 6.24. The Bertz CT molecular complexity index is 619. The average Bonchev–Trinajstić information content (AvgIpc) is 2.35. The van der Waals surface area contributed by atoms with Crippen molar-refractivity contribution < 1.29 is 0 Å². The van der Waals surface area contributed by atoms with Gasteiger partial charge in [-0.1, -0.05) is 56.1 Å². The first kappa shape index (κ1) is 15.7. The molecule has 0 saturated carbocycles. The van der Waals surface area contributed by atoms with Gasteiger partial charge in [-0.2, -0.15) is 0 Å². The van der Waals surface area contributed by atoms with Crippen molar-refractivity contribution in [1.82, 2.24) is 9.97 Å². The van der Waals surface area contributed by atoms with Gasteiger partial charge < -0.3 is 0 Å². The molecule has 20 heavy (non-hydrogen) atoms. The molecule has 0 fully saturated rings. The van der Waals surface area contributed by atoms with Crippen LogP contribution in [-0.2, 0) is 11.8 Å². The Kier molecular flexibility index (Phi) is 4.73. The Balaban J connectivity index is 2.38. The predicted molar refractivity (Wildman–Crippen MR) is 87.7 cm³/mol. The van der Waals surface area contributed by atoms with Gasteiger partial charge in [-0.05, 0) is 33.6 Å². The Hall–Kier alpha value is -0.640. The maximum Gasteiger partial charge on any atom is 0.147 e. The number of hydrogen-bond acceptors (Lipinski definition) is 2. The van der Waals surface area contributed by atoms with Crippen molar-refractivity contribution in [3.63, 3.8) is 0 Å². The highest BCUT2D eigenvalue weighted by molar-refractivity contribution is 9.10. The molecule has 106 valence electrons. The van der Waals surface area contributed by atoms with E-state index in [0.717, 1.165) is 20.8 Å². The van der Waals surface area contributed by atoms with Gasteiger partial charge in [0.25, 0.3) is 0 Å². The summed E-state index contributed by atoms with van der Waals surface area (Å²) in [6.07, 6.45) is 0.632. The molecular formula is C15H15BrCl2N2. The number of nitrogens with zero attached hydrogens (tertiary/aromatic N) is 2. The second kappa shape index (κ2) is 6.00. The molecule has 0 aliphatic heterocycles. The van der Waals surface area contributed by atoms with Crippen molar-refractivity contribution in [3.05, 3.63) is 56.0 Å². The molecule has 2 rings (SSSR count). The van der Waals surface area contributed by atoms with Crippen LogP contribution in [-0.4, -0.2) is 9.97 Å². The van der Waals surface area contributed by atoms with E-state index in [9.17, 15) is 0 Å². The molecule has 1 heterocycles. The zero-order chi connectivity index (χ0) is 14.9. The SMILES string of the molecule is CC(C)(C)c1nc(Cc2ccc(Cl)cc2)nc(Cl)c1Br. The molecule has 2 aromatic rings. The molecule has 0 unspecified atom stereocenters. The maximum absolute atomic E-state index is 6.20. The van der Waals surface area contributed by atoms with Crippen LogP contribution in [0.15, 0.2) is 28.7 Å². The lowest BCUT2D eigenvalue weighted by Crippen LogP contribution is -2.17. The van der Waals surface area contributed by atoms with E-state index in [1.165, 1.54) is 0 Å². The number of hydrogen-bond donors (Lipinski definition) is 0. The van der Waals surface area contributed by atoms with Gasteiger partial charge in [-0.3, -0.25) is 0 Å². The molecule has 1 aromatic carbocycles. The third-order valence-electron chi connectivity index (χ3n) is 2.84. The first-order chi connectivity index (χ1) is 9.27. The molecule has 2 nitrogen and oxygen atoms in total. The highest BCUT2D eigenvalue weighted by Crippen LogP contribution is 2.32. The fourth-order valence-electron chi connectivity index (χ4n) is 1.82. The lowest BCUT2D eigenvalue weighted by Gasteiger charge is -2.20. The van der Waals surface area contributed by atoms with Crippen molar-refractivity contribution in [3.8, 4) is 0 Å². The highest BCUT2D eigenvalue weighted by atomic mass is 79.9. The Morgan fingerprint density at radius 2 is 1.65 bits per heavy atom. The second-order valence-corrected chi connectivity index (χ2v) is 7.23. The summed E-state index contributed by atoms with van der Waals surface area (Å²) in [4.78, 5) is 8.99. The van der Waals surface area contributed by atoms with Crippen molar-refractivity contribution in [2.45, 2.75) is 32.6 Å². The summed E-state index contributed by atoms with van der Waals surface area (Å²) in [5.41, 5.74) is 1.93.